The van der Waals surface area contributed by atoms with E-state index in [0.29, 0.717) is 12.3 Å². The normalized spacial score (nSPS) is 23.6. The SMILES string of the molecule is O=C(COc1ccc(Cl)c(F)c1)CC12CC(c3nnc(Oc4ccccc4F)o3)(C1)C2. The second-order valence-corrected chi connectivity index (χ2v) is 8.70. The van der Waals surface area contributed by atoms with Gasteiger partial charge in [-0.3, -0.25) is 4.79 Å². The Balaban J connectivity index is 1.14. The molecular weight excluding hydrogens is 430 g/mol. The zero-order valence-electron chi connectivity index (χ0n) is 16.2. The number of Topliss-reactive ketones (excluding diaryl/α,β-unsaturated/α-hetero) is 1. The Kier molecular flexibility index (Phi) is 4.69. The summed E-state index contributed by atoms with van der Waals surface area (Å²) < 4.78 is 43.5. The summed E-state index contributed by atoms with van der Waals surface area (Å²) in [4.78, 5) is 12.3. The minimum atomic E-state index is -0.592. The van der Waals surface area contributed by atoms with Gasteiger partial charge in [0.25, 0.3) is 0 Å². The third-order valence-electron chi connectivity index (χ3n) is 5.90. The largest absolute Gasteiger partial charge is 0.486 e. The number of benzene rings is 2. The van der Waals surface area contributed by atoms with Gasteiger partial charge in [0.2, 0.25) is 5.89 Å². The van der Waals surface area contributed by atoms with Gasteiger partial charge in [-0.25, -0.2) is 8.78 Å². The number of ketones is 1. The van der Waals surface area contributed by atoms with Crippen LogP contribution in [-0.2, 0) is 10.2 Å². The molecule has 3 fully saturated rings. The van der Waals surface area contributed by atoms with Crippen molar-refractivity contribution in [3.63, 3.8) is 0 Å². The third kappa shape index (κ3) is 3.65. The fourth-order valence-electron chi connectivity index (χ4n) is 4.70. The van der Waals surface area contributed by atoms with E-state index in [0.717, 1.165) is 25.3 Å². The first-order valence-corrected chi connectivity index (χ1v) is 10.1. The van der Waals surface area contributed by atoms with Crippen molar-refractivity contribution in [3.8, 4) is 17.6 Å². The molecule has 3 aliphatic carbocycles. The van der Waals surface area contributed by atoms with Crippen molar-refractivity contribution in [2.24, 2.45) is 5.41 Å². The highest BCUT2D eigenvalue weighted by atomic mass is 35.5. The Morgan fingerprint density at radius 1 is 1.10 bits per heavy atom. The maximum atomic E-state index is 13.7. The molecule has 0 spiro atoms. The van der Waals surface area contributed by atoms with Crippen LogP contribution in [0.4, 0.5) is 8.78 Å². The standard InChI is InChI=1S/C22H17ClF2N2O4/c23-15-6-5-14(7-17(15)25)29-9-13(28)8-21-10-22(11-21,12-21)19-26-27-20(31-19)30-18-4-2-1-3-16(18)24/h1-7H,8-12H2. The van der Waals surface area contributed by atoms with Crippen LogP contribution in [0, 0.1) is 17.0 Å². The Bertz CT molecular complexity index is 1150. The van der Waals surface area contributed by atoms with Crippen molar-refractivity contribution >= 4 is 17.4 Å². The van der Waals surface area contributed by atoms with Crippen LogP contribution in [0.15, 0.2) is 46.9 Å². The summed E-state index contributed by atoms with van der Waals surface area (Å²) in [5.74, 6) is -0.450. The van der Waals surface area contributed by atoms with Crippen molar-refractivity contribution in [1.29, 1.82) is 0 Å². The van der Waals surface area contributed by atoms with Gasteiger partial charge in [0, 0.05) is 12.5 Å². The minimum Gasteiger partial charge on any atom is -0.486 e. The molecule has 3 saturated carbocycles. The molecule has 6 rings (SSSR count). The van der Waals surface area contributed by atoms with Crippen molar-refractivity contribution in [2.45, 2.75) is 31.1 Å². The van der Waals surface area contributed by atoms with Crippen LogP contribution < -0.4 is 9.47 Å². The number of halogens is 3. The van der Waals surface area contributed by atoms with Gasteiger partial charge in [-0.2, -0.15) is 0 Å². The van der Waals surface area contributed by atoms with E-state index >= 15 is 0 Å². The van der Waals surface area contributed by atoms with Crippen LogP contribution in [-0.4, -0.2) is 22.6 Å². The molecule has 1 heterocycles. The van der Waals surface area contributed by atoms with E-state index in [-0.39, 0.29) is 45.8 Å². The zero-order chi connectivity index (χ0) is 21.6. The van der Waals surface area contributed by atoms with E-state index in [1.54, 1.807) is 12.1 Å². The summed E-state index contributed by atoms with van der Waals surface area (Å²) in [6.45, 7) is -0.128. The van der Waals surface area contributed by atoms with E-state index < -0.39 is 11.6 Å². The average Bonchev–Trinajstić information content (AvgIpc) is 3.14. The number of ether oxygens (including phenoxy) is 2. The fourth-order valence-corrected chi connectivity index (χ4v) is 4.82. The second-order valence-electron chi connectivity index (χ2n) is 8.30. The molecule has 0 radical (unpaired) electrons. The fraction of sp³-hybridized carbons (Fsp3) is 0.318. The molecule has 9 heteroatoms. The van der Waals surface area contributed by atoms with Crippen LogP contribution in [0.3, 0.4) is 0 Å². The lowest BCUT2D eigenvalue weighted by Crippen LogP contribution is -2.65. The summed E-state index contributed by atoms with van der Waals surface area (Å²) in [6.07, 6.45) is 2.52. The molecule has 6 nitrogen and oxygen atoms in total. The number of hydrogen-bond acceptors (Lipinski definition) is 6. The summed E-state index contributed by atoms with van der Waals surface area (Å²) in [7, 11) is 0. The number of hydrogen-bond donors (Lipinski definition) is 0. The molecule has 3 aromatic rings. The molecule has 0 N–H and O–H groups in total. The molecule has 2 aromatic carbocycles. The highest BCUT2D eigenvalue weighted by Gasteiger charge is 2.71. The van der Waals surface area contributed by atoms with Crippen molar-refractivity contribution in [3.05, 3.63) is 65.0 Å². The number of aromatic nitrogens is 2. The van der Waals surface area contributed by atoms with Gasteiger partial charge < -0.3 is 13.9 Å². The predicted molar refractivity (Wildman–Crippen MR) is 105 cm³/mol. The lowest BCUT2D eigenvalue weighted by molar-refractivity contribution is -0.168. The molecule has 3 aliphatic rings. The third-order valence-corrected chi connectivity index (χ3v) is 6.20. The molecule has 1 aromatic heterocycles. The number of nitrogens with zero attached hydrogens (tertiary/aromatic N) is 2. The van der Waals surface area contributed by atoms with Gasteiger partial charge in [0.05, 0.1) is 10.4 Å². The van der Waals surface area contributed by atoms with Gasteiger partial charge in [-0.05, 0) is 48.9 Å². The zero-order valence-corrected chi connectivity index (χ0v) is 17.0. The van der Waals surface area contributed by atoms with Crippen LogP contribution in [0.2, 0.25) is 5.02 Å². The quantitative estimate of drug-likeness (QED) is 0.470. The topological polar surface area (TPSA) is 74.5 Å². The van der Waals surface area contributed by atoms with Crippen molar-refractivity contribution in [1.82, 2.24) is 10.2 Å². The Morgan fingerprint density at radius 3 is 2.61 bits per heavy atom. The Labute approximate surface area is 181 Å². The van der Waals surface area contributed by atoms with E-state index in [9.17, 15) is 13.6 Å². The minimum absolute atomic E-state index is 0.00123. The Morgan fingerprint density at radius 2 is 1.87 bits per heavy atom. The van der Waals surface area contributed by atoms with Gasteiger partial charge in [-0.15, -0.1) is 5.10 Å². The highest BCUT2D eigenvalue weighted by molar-refractivity contribution is 6.30. The first-order chi connectivity index (χ1) is 14.9. The van der Waals surface area contributed by atoms with E-state index in [2.05, 4.69) is 10.2 Å². The molecule has 0 atom stereocenters. The lowest BCUT2D eigenvalue weighted by Gasteiger charge is -2.68. The first-order valence-electron chi connectivity index (χ1n) is 9.72. The molecule has 31 heavy (non-hydrogen) atoms. The van der Waals surface area contributed by atoms with Crippen LogP contribution in [0.5, 0.6) is 17.6 Å². The van der Waals surface area contributed by atoms with E-state index in [4.69, 9.17) is 25.5 Å². The van der Waals surface area contributed by atoms with Crippen molar-refractivity contribution < 1.29 is 27.5 Å². The monoisotopic (exact) mass is 446 g/mol. The van der Waals surface area contributed by atoms with Gasteiger partial charge >= 0.3 is 6.08 Å². The van der Waals surface area contributed by atoms with E-state index in [1.807, 2.05) is 0 Å². The summed E-state index contributed by atoms with van der Waals surface area (Å²) in [5.41, 5.74) is -0.336. The predicted octanol–water partition coefficient (Wildman–Crippen LogP) is 5.25. The van der Waals surface area contributed by atoms with Gasteiger partial charge in [0.15, 0.2) is 17.3 Å². The number of carbonyl (C=O) groups is 1. The molecular formula is C22H17ClF2N2O4. The Hall–Kier alpha value is -3.00. The van der Waals surface area contributed by atoms with Crippen LogP contribution in [0.25, 0.3) is 0 Å². The second kappa shape index (κ2) is 7.30. The molecule has 0 aliphatic heterocycles. The summed E-state index contributed by atoms with van der Waals surface area (Å²) >= 11 is 5.64. The molecule has 0 saturated heterocycles. The highest BCUT2D eigenvalue weighted by Crippen LogP contribution is 2.74. The number of para-hydroxylation sites is 1. The van der Waals surface area contributed by atoms with Gasteiger partial charge in [-0.1, -0.05) is 28.8 Å². The molecule has 160 valence electrons. The summed E-state index contributed by atoms with van der Waals surface area (Å²) in [6, 6.07) is 10.0. The first kappa shape index (κ1) is 19.9. The maximum absolute atomic E-state index is 13.7. The lowest BCUT2D eigenvalue weighted by atomic mass is 9.34. The molecule has 0 amide bonds. The number of carbonyl (C=O) groups excluding carboxylic acids is 1. The summed E-state index contributed by atoms with van der Waals surface area (Å²) in [5, 5.41) is 7.91. The average molecular weight is 447 g/mol. The van der Waals surface area contributed by atoms with Crippen molar-refractivity contribution in [2.75, 3.05) is 6.61 Å². The van der Waals surface area contributed by atoms with E-state index in [1.165, 1.54) is 24.3 Å². The van der Waals surface area contributed by atoms with Gasteiger partial charge in [0.1, 0.15) is 18.2 Å². The molecule has 0 unspecified atom stereocenters. The molecule has 2 bridgehead atoms. The maximum Gasteiger partial charge on any atom is 0.420 e. The smallest absolute Gasteiger partial charge is 0.420 e. The van der Waals surface area contributed by atoms with Crippen LogP contribution in [0.1, 0.15) is 31.6 Å². The number of rotatable bonds is 8. The van der Waals surface area contributed by atoms with Crippen LogP contribution >= 0.6 is 11.6 Å².